The molecule has 0 amide bonds. The molecule has 0 aromatic heterocycles. The van der Waals surface area contributed by atoms with Gasteiger partial charge in [0.2, 0.25) is 0 Å². The van der Waals surface area contributed by atoms with Crippen molar-refractivity contribution in [1.82, 2.24) is 0 Å². The molecule has 0 saturated heterocycles. The van der Waals surface area contributed by atoms with Gasteiger partial charge in [0.15, 0.2) is 0 Å². The fourth-order valence-electron chi connectivity index (χ4n) is 0.515. The highest BCUT2D eigenvalue weighted by Crippen LogP contribution is 1.98. The van der Waals surface area contributed by atoms with E-state index in [4.69, 9.17) is 11.5 Å². The summed E-state index contributed by atoms with van der Waals surface area (Å²) in [6.07, 6.45) is 1.04. The predicted octanol–water partition coefficient (Wildman–Crippen LogP) is -0.160. The number of nitrogens with two attached hydrogens (primary N) is 2. The molecule has 0 saturated carbocycles. The van der Waals surface area contributed by atoms with Gasteiger partial charge in [0, 0.05) is 0 Å². The van der Waals surface area contributed by atoms with Gasteiger partial charge in [-0.05, 0) is 31.2 Å². The Morgan fingerprint density at radius 3 is 1.88 bits per heavy atom. The molecule has 8 heavy (non-hydrogen) atoms. The van der Waals surface area contributed by atoms with Crippen LogP contribution in [0.25, 0.3) is 0 Å². The molecule has 3 heteroatoms. The second-order valence-corrected chi connectivity index (χ2v) is 2.30. The molecular formula is C5H14N2S. The van der Waals surface area contributed by atoms with Gasteiger partial charge in [0.1, 0.15) is 0 Å². The van der Waals surface area contributed by atoms with Crippen molar-refractivity contribution in [2.45, 2.75) is 6.42 Å². The molecule has 4 N–H and O–H groups in total. The molecule has 0 atom stereocenters. The molecule has 0 aliphatic heterocycles. The zero-order valence-corrected chi connectivity index (χ0v) is 5.90. The maximum absolute atomic E-state index is 5.36. The minimum atomic E-state index is 0.479. The quantitative estimate of drug-likeness (QED) is 0.468. The normalized spacial score (nSPS) is 10.5. The Labute approximate surface area is 56.0 Å². The Morgan fingerprint density at radius 2 is 1.75 bits per heavy atom. The van der Waals surface area contributed by atoms with Crippen LogP contribution in [0.4, 0.5) is 0 Å². The van der Waals surface area contributed by atoms with Gasteiger partial charge in [-0.3, -0.25) is 0 Å². The number of hydrogen-bond acceptors (Lipinski definition) is 3. The third kappa shape index (κ3) is 3.29. The number of thiol groups is 1. The van der Waals surface area contributed by atoms with E-state index in [9.17, 15) is 0 Å². The Hall–Kier alpha value is 0.270. The first-order chi connectivity index (χ1) is 3.85. The van der Waals surface area contributed by atoms with E-state index < -0.39 is 0 Å². The van der Waals surface area contributed by atoms with Gasteiger partial charge in [-0.25, -0.2) is 0 Å². The van der Waals surface area contributed by atoms with Gasteiger partial charge in [-0.1, -0.05) is 0 Å². The van der Waals surface area contributed by atoms with E-state index in [1.165, 1.54) is 0 Å². The van der Waals surface area contributed by atoms with E-state index >= 15 is 0 Å². The van der Waals surface area contributed by atoms with Crippen LogP contribution in [-0.4, -0.2) is 18.8 Å². The second kappa shape index (κ2) is 5.41. The molecule has 0 aliphatic carbocycles. The van der Waals surface area contributed by atoms with E-state index in [0.29, 0.717) is 19.0 Å². The molecule has 0 radical (unpaired) electrons. The van der Waals surface area contributed by atoms with Crippen molar-refractivity contribution in [2.75, 3.05) is 18.8 Å². The average Bonchev–Trinajstić information content (AvgIpc) is 1.83. The van der Waals surface area contributed by atoms with E-state index in [1.54, 1.807) is 0 Å². The van der Waals surface area contributed by atoms with Gasteiger partial charge in [0.05, 0.1) is 0 Å². The Kier molecular flexibility index (Phi) is 5.59. The smallest absolute Gasteiger partial charge is 0.00365 e. The molecule has 0 unspecified atom stereocenters. The van der Waals surface area contributed by atoms with Crippen LogP contribution >= 0.6 is 12.6 Å². The van der Waals surface area contributed by atoms with Crippen LogP contribution in [0.5, 0.6) is 0 Å². The van der Waals surface area contributed by atoms with Crippen molar-refractivity contribution in [3.8, 4) is 0 Å². The van der Waals surface area contributed by atoms with Crippen LogP contribution in [0.1, 0.15) is 6.42 Å². The lowest BCUT2D eigenvalue weighted by molar-refractivity contribution is 0.538. The topological polar surface area (TPSA) is 52.0 Å². The summed E-state index contributed by atoms with van der Waals surface area (Å²) in [4.78, 5) is 0. The summed E-state index contributed by atoms with van der Waals surface area (Å²) < 4.78 is 0. The third-order valence-corrected chi connectivity index (χ3v) is 1.46. The highest BCUT2D eigenvalue weighted by molar-refractivity contribution is 7.80. The summed E-state index contributed by atoms with van der Waals surface area (Å²) in [5.74, 6) is 1.37. The average molecular weight is 134 g/mol. The lowest BCUT2D eigenvalue weighted by Gasteiger charge is -2.07. The number of hydrogen-bond donors (Lipinski definition) is 3. The Bertz CT molecular complexity index is 45.7. The van der Waals surface area contributed by atoms with Crippen LogP contribution in [0.15, 0.2) is 0 Å². The van der Waals surface area contributed by atoms with E-state index in [1.807, 2.05) is 0 Å². The van der Waals surface area contributed by atoms with Crippen LogP contribution in [0.3, 0.4) is 0 Å². The summed E-state index contributed by atoms with van der Waals surface area (Å²) in [7, 11) is 0. The first-order valence-electron chi connectivity index (χ1n) is 2.86. The van der Waals surface area contributed by atoms with Gasteiger partial charge < -0.3 is 11.5 Å². The highest BCUT2D eigenvalue weighted by Gasteiger charge is 1.99. The molecule has 2 nitrogen and oxygen atoms in total. The van der Waals surface area contributed by atoms with E-state index in [2.05, 4.69) is 12.6 Å². The van der Waals surface area contributed by atoms with E-state index in [0.717, 1.165) is 12.2 Å². The molecule has 0 aromatic rings. The monoisotopic (exact) mass is 134 g/mol. The van der Waals surface area contributed by atoms with Gasteiger partial charge in [-0.2, -0.15) is 12.6 Å². The third-order valence-electron chi connectivity index (χ3n) is 1.20. The van der Waals surface area contributed by atoms with Crippen molar-refractivity contribution in [3.05, 3.63) is 0 Å². The highest BCUT2D eigenvalue weighted by atomic mass is 32.1. The molecule has 0 spiro atoms. The maximum Gasteiger partial charge on any atom is -0.00365 e. The molecule has 0 fully saturated rings. The summed E-state index contributed by atoms with van der Waals surface area (Å²) in [6, 6.07) is 0. The number of rotatable bonds is 4. The van der Waals surface area contributed by atoms with Crippen LogP contribution < -0.4 is 11.5 Å². The first-order valence-corrected chi connectivity index (χ1v) is 3.49. The molecule has 0 aliphatic rings. The maximum atomic E-state index is 5.36. The standard InChI is InChI=1S/C5H14N2S/c6-3-5(4-7)1-2-8/h5,8H,1-4,6-7H2. The molecule has 0 aromatic carbocycles. The molecule has 0 bridgehead atoms. The van der Waals surface area contributed by atoms with Crippen molar-refractivity contribution in [3.63, 3.8) is 0 Å². The minimum Gasteiger partial charge on any atom is -0.330 e. The fraction of sp³-hybridized carbons (Fsp3) is 1.00. The van der Waals surface area contributed by atoms with Gasteiger partial charge >= 0.3 is 0 Å². The summed E-state index contributed by atoms with van der Waals surface area (Å²) in [5.41, 5.74) is 10.7. The lowest BCUT2D eigenvalue weighted by atomic mass is 10.1. The SMILES string of the molecule is NCC(CN)CCS. The zero-order valence-electron chi connectivity index (χ0n) is 5.01. The van der Waals surface area contributed by atoms with Crippen LogP contribution in [0.2, 0.25) is 0 Å². The van der Waals surface area contributed by atoms with Crippen molar-refractivity contribution < 1.29 is 0 Å². The molecule has 0 heterocycles. The summed E-state index contributed by atoms with van der Waals surface area (Å²) >= 11 is 4.06. The van der Waals surface area contributed by atoms with Crippen LogP contribution in [0, 0.1) is 5.92 Å². The lowest BCUT2D eigenvalue weighted by Crippen LogP contribution is -2.23. The largest absolute Gasteiger partial charge is 0.330 e. The fourth-order valence-corrected chi connectivity index (χ4v) is 0.880. The van der Waals surface area contributed by atoms with Crippen molar-refractivity contribution in [2.24, 2.45) is 17.4 Å². The first kappa shape index (κ1) is 8.27. The van der Waals surface area contributed by atoms with Gasteiger partial charge in [0.25, 0.3) is 0 Å². The predicted molar refractivity (Wildman–Crippen MR) is 40.1 cm³/mol. The molecular weight excluding hydrogens is 120 g/mol. The molecule has 0 rings (SSSR count). The van der Waals surface area contributed by atoms with Crippen molar-refractivity contribution in [1.29, 1.82) is 0 Å². The second-order valence-electron chi connectivity index (χ2n) is 1.85. The minimum absolute atomic E-state index is 0.479. The summed E-state index contributed by atoms with van der Waals surface area (Å²) in [6.45, 7) is 1.38. The molecule has 50 valence electrons. The zero-order chi connectivity index (χ0) is 6.41. The Balaban J connectivity index is 3.07. The van der Waals surface area contributed by atoms with E-state index in [-0.39, 0.29) is 0 Å². The summed E-state index contributed by atoms with van der Waals surface area (Å²) in [5, 5.41) is 0. The van der Waals surface area contributed by atoms with Crippen LogP contribution in [-0.2, 0) is 0 Å². The van der Waals surface area contributed by atoms with Crippen molar-refractivity contribution >= 4 is 12.6 Å². The Morgan fingerprint density at radius 1 is 1.25 bits per heavy atom. The van der Waals surface area contributed by atoms with Gasteiger partial charge in [-0.15, -0.1) is 0 Å².